The fourth-order valence-corrected chi connectivity index (χ4v) is 3.57. The van der Waals surface area contributed by atoms with Gasteiger partial charge in [0.05, 0.1) is 0 Å². The van der Waals surface area contributed by atoms with E-state index >= 15 is 0 Å². The molecule has 2 rings (SSSR count). The normalized spacial score (nSPS) is 42.2. The lowest BCUT2D eigenvalue weighted by Gasteiger charge is -2.50. The highest BCUT2D eigenvalue weighted by Crippen LogP contribution is 2.37. The number of piperidine rings is 1. The Morgan fingerprint density at radius 1 is 1.12 bits per heavy atom. The van der Waals surface area contributed by atoms with E-state index in [-0.39, 0.29) is 0 Å². The summed E-state index contributed by atoms with van der Waals surface area (Å²) in [6.07, 6.45) is 8.20. The van der Waals surface area contributed by atoms with Gasteiger partial charge in [-0.15, -0.1) is 0 Å². The van der Waals surface area contributed by atoms with Gasteiger partial charge in [-0.3, -0.25) is 4.90 Å². The van der Waals surface area contributed by atoms with Crippen molar-refractivity contribution in [3.63, 3.8) is 0 Å². The van der Waals surface area contributed by atoms with E-state index in [2.05, 4.69) is 18.7 Å². The number of hydrogen-bond donors (Lipinski definition) is 1. The van der Waals surface area contributed by atoms with E-state index in [1.807, 2.05) is 0 Å². The molecule has 1 atom stereocenters. The van der Waals surface area contributed by atoms with Gasteiger partial charge in [0.15, 0.2) is 0 Å². The molecule has 0 bridgehead atoms. The molecule has 2 N–H and O–H groups in total. The highest BCUT2D eigenvalue weighted by molar-refractivity contribution is 4.96. The first kappa shape index (κ1) is 12.4. The third kappa shape index (κ3) is 2.43. The Hall–Kier alpha value is -0.0800. The highest BCUT2D eigenvalue weighted by Gasteiger charge is 2.39. The molecule has 1 saturated heterocycles. The molecule has 0 aromatic heterocycles. The van der Waals surface area contributed by atoms with Gasteiger partial charge in [0.2, 0.25) is 0 Å². The molecule has 16 heavy (non-hydrogen) atoms. The zero-order valence-electron chi connectivity index (χ0n) is 11.0. The van der Waals surface area contributed by atoms with Crippen molar-refractivity contribution in [2.75, 3.05) is 19.6 Å². The lowest BCUT2D eigenvalue weighted by molar-refractivity contribution is 0.0144. The van der Waals surface area contributed by atoms with Crippen LogP contribution in [0.2, 0.25) is 0 Å². The minimum Gasteiger partial charge on any atom is -0.329 e. The van der Waals surface area contributed by atoms with Crippen molar-refractivity contribution in [1.29, 1.82) is 0 Å². The molecule has 94 valence electrons. The van der Waals surface area contributed by atoms with E-state index in [1.54, 1.807) is 0 Å². The van der Waals surface area contributed by atoms with Crippen LogP contribution in [0.25, 0.3) is 0 Å². The Kier molecular flexibility index (Phi) is 3.91. The molecule has 0 aromatic carbocycles. The largest absolute Gasteiger partial charge is 0.329 e. The van der Waals surface area contributed by atoms with E-state index < -0.39 is 0 Å². The van der Waals surface area contributed by atoms with Crippen LogP contribution in [0.4, 0.5) is 0 Å². The second kappa shape index (κ2) is 5.05. The summed E-state index contributed by atoms with van der Waals surface area (Å²) < 4.78 is 0. The summed E-state index contributed by atoms with van der Waals surface area (Å²) in [6, 6.07) is 0. The maximum Gasteiger partial charge on any atom is 0.0332 e. The Bertz CT molecular complexity index is 219. The Morgan fingerprint density at radius 3 is 2.38 bits per heavy atom. The van der Waals surface area contributed by atoms with Crippen LogP contribution in [0.1, 0.15) is 52.4 Å². The molecular weight excluding hydrogens is 196 g/mol. The van der Waals surface area contributed by atoms with E-state index in [0.717, 1.165) is 18.4 Å². The predicted octanol–water partition coefficient (Wildman–Crippen LogP) is 2.63. The first-order valence-corrected chi connectivity index (χ1v) is 7.11. The van der Waals surface area contributed by atoms with Crippen LogP contribution in [0, 0.1) is 11.8 Å². The van der Waals surface area contributed by atoms with E-state index in [1.165, 1.54) is 51.6 Å². The average molecular weight is 224 g/mol. The third-order valence-corrected chi connectivity index (χ3v) is 4.91. The minimum absolute atomic E-state index is 0.362. The van der Waals surface area contributed by atoms with Gasteiger partial charge in [-0.2, -0.15) is 0 Å². The summed E-state index contributed by atoms with van der Waals surface area (Å²) in [5, 5.41) is 0. The Morgan fingerprint density at radius 2 is 1.81 bits per heavy atom. The Balaban J connectivity index is 2.02. The summed E-state index contributed by atoms with van der Waals surface area (Å²) in [7, 11) is 0. The second-order valence-corrected chi connectivity index (χ2v) is 6.30. The van der Waals surface area contributed by atoms with Crippen molar-refractivity contribution in [3.8, 4) is 0 Å². The quantitative estimate of drug-likeness (QED) is 0.781. The molecule has 1 aliphatic carbocycles. The maximum absolute atomic E-state index is 6.12. The van der Waals surface area contributed by atoms with Crippen molar-refractivity contribution in [2.45, 2.75) is 57.9 Å². The van der Waals surface area contributed by atoms with Crippen LogP contribution in [0.3, 0.4) is 0 Å². The summed E-state index contributed by atoms with van der Waals surface area (Å²) in [5.74, 6) is 1.79. The molecule has 1 saturated carbocycles. The molecule has 0 aromatic rings. The van der Waals surface area contributed by atoms with E-state index in [9.17, 15) is 0 Å². The van der Waals surface area contributed by atoms with Crippen LogP contribution in [0.15, 0.2) is 0 Å². The number of likely N-dealkylation sites (tertiary alicyclic amines) is 1. The topological polar surface area (TPSA) is 29.3 Å². The number of hydrogen-bond acceptors (Lipinski definition) is 2. The van der Waals surface area contributed by atoms with Crippen molar-refractivity contribution in [3.05, 3.63) is 0 Å². The molecule has 1 unspecified atom stereocenters. The first-order valence-electron chi connectivity index (χ1n) is 7.11. The summed E-state index contributed by atoms with van der Waals surface area (Å²) in [5.41, 5.74) is 6.48. The lowest BCUT2D eigenvalue weighted by Crippen LogP contribution is -2.58. The van der Waals surface area contributed by atoms with Gasteiger partial charge in [0.1, 0.15) is 0 Å². The zero-order valence-corrected chi connectivity index (χ0v) is 11.0. The fraction of sp³-hybridized carbons (Fsp3) is 1.00. The standard InChI is InChI=1S/C14H28N2/c1-12-5-7-14(11-15,8-6-12)16-9-3-4-13(2)10-16/h12-13H,3-11,15H2,1-2H3. The van der Waals surface area contributed by atoms with Crippen LogP contribution < -0.4 is 5.73 Å². The number of rotatable bonds is 2. The minimum atomic E-state index is 0.362. The third-order valence-electron chi connectivity index (χ3n) is 4.91. The SMILES string of the molecule is CC1CCC(CN)(N2CCCC(C)C2)CC1. The van der Waals surface area contributed by atoms with E-state index in [4.69, 9.17) is 5.73 Å². The summed E-state index contributed by atoms with van der Waals surface area (Å²) in [4.78, 5) is 2.73. The van der Waals surface area contributed by atoms with Crippen molar-refractivity contribution in [1.82, 2.24) is 4.90 Å². The summed E-state index contributed by atoms with van der Waals surface area (Å²) >= 11 is 0. The van der Waals surface area contributed by atoms with Crippen molar-refractivity contribution < 1.29 is 0 Å². The number of nitrogens with zero attached hydrogens (tertiary/aromatic N) is 1. The molecule has 0 radical (unpaired) electrons. The molecule has 2 fully saturated rings. The maximum atomic E-state index is 6.12. The molecule has 0 amide bonds. The van der Waals surface area contributed by atoms with Gasteiger partial charge in [-0.1, -0.05) is 13.8 Å². The van der Waals surface area contributed by atoms with Crippen LogP contribution in [-0.4, -0.2) is 30.1 Å². The predicted molar refractivity (Wildman–Crippen MR) is 69.4 cm³/mol. The second-order valence-electron chi connectivity index (χ2n) is 6.30. The monoisotopic (exact) mass is 224 g/mol. The lowest BCUT2D eigenvalue weighted by atomic mass is 9.75. The smallest absolute Gasteiger partial charge is 0.0332 e. The molecule has 0 spiro atoms. The average Bonchev–Trinajstić information content (AvgIpc) is 2.31. The van der Waals surface area contributed by atoms with Crippen LogP contribution >= 0.6 is 0 Å². The fourth-order valence-electron chi connectivity index (χ4n) is 3.57. The van der Waals surface area contributed by atoms with Gasteiger partial charge < -0.3 is 5.73 Å². The van der Waals surface area contributed by atoms with E-state index in [0.29, 0.717) is 5.54 Å². The van der Waals surface area contributed by atoms with Gasteiger partial charge in [0, 0.05) is 18.6 Å². The van der Waals surface area contributed by atoms with Crippen LogP contribution in [0.5, 0.6) is 0 Å². The molecule has 1 heterocycles. The molecule has 1 aliphatic heterocycles. The molecule has 2 nitrogen and oxygen atoms in total. The first-order chi connectivity index (χ1) is 7.66. The van der Waals surface area contributed by atoms with Gasteiger partial charge in [0.25, 0.3) is 0 Å². The molecular formula is C14H28N2. The summed E-state index contributed by atoms with van der Waals surface area (Å²) in [6.45, 7) is 8.22. The molecule has 2 heteroatoms. The van der Waals surface area contributed by atoms with Gasteiger partial charge >= 0.3 is 0 Å². The zero-order chi connectivity index (χ0) is 11.6. The van der Waals surface area contributed by atoms with Crippen molar-refractivity contribution >= 4 is 0 Å². The Labute approximate surface area is 101 Å². The molecule has 2 aliphatic rings. The van der Waals surface area contributed by atoms with Crippen molar-refractivity contribution in [2.24, 2.45) is 17.6 Å². The number of nitrogens with two attached hydrogens (primary N) is 1. The van der Waals surface area contributed by atoms with Crippen LogP contribution in [-0.2, 0) is 0 Å². The van der Waals surface area contributed by atoms with Gasteiger partial charge in [-0.05, 0) is 56.9 Å². The van der Waals surface area contributed by atoms with Gasteiger partial charge in [-0.25, -0.2) is 0 Å². The highest BCUT2D eigenvalue weighted by atomic mass is 15.2.